The van der Waals surface area contributed by atoms with Crippen LogP contribution >= 0.6 is 0 Å². The van der Waals surface area contributed by atoms with E-state index in [9.17, 15) is 0 Å². The summed E-state index contributed by atoms with van der Waals surface area (Å²) in [5, 5.41) is 6.83. The summed E-state index contributed by atoms with van der Waals surface area (Å²) in [4.78, 5) is 52.2. The molecule has 0 saturated heterocycles. The zero-order valence-corrected chi connectivity index (χ0v) is 55.4. The molecule has 0 saturated carbocycles. The number of fused-ring (bicyclic) bond motifs is 9. The molecule has 15 rings (SSSR count). The number of rotatable bonds is 3. The van der Waals surface area contributed by atoms with Crippen LogP contribution in [-0.4, -0.2) is 59.8 Å². The van der Waals surface area contributed by atoms with Gasteiger partial charge in [-0.3, -0.25) is 59.8 Å². The first-order valence-corrected chi connectivity index (χ1v) is 29.9. The molecule has 0 amide bonds. The van der Waals surface area contributed by atoms with Gasteiger partial charge in [-0.1, -0.05) is 114 Å². The van der Waals surface area contributed by atoms with E-state index in [1.165, 1.54) is 33.4 Å². The zero-order valence-electron chi connectivity index (χ0n) is 53.3. The number of aromatic nitrogens is 12. The zero-order chi connectivity index (χ0) is 63.0. The maximum Gasteiger partial charge on any atom is 2.00 e. The van der Waals surface area contributed by atoms with Crippen molar-refractivity contribution in [3.8, 4) is 34.2 Å². The van der Waals surface area contributed by atoms with Crippen molar-refractivity contribution in [3.63, 3.8) is 0 Å². The number of hydrogen-bond donors (Lipinski definition) is 0. The van der Waals surface area contributed by atoms with E-state index in [-0.39, 0.29) is 44.4 Å². The Kier molecular flexibility index (Phi) is 23.4. The molecule has 92 heavy (non-hydrogen) atoms. The maximum absolute atomic E-state index is 4.40. The Hall–Kier alpha value is -9.97. The minimum atomic E-state index is 0. The summed E-state index contributed by atoms with van der Waals surface area (Å²) < 4.78 is 0. The van der Waals surface area contributed by atoms with Gasteiger partial charge in [0.1, 0.15) is 0 Å². The monoisotopic (exact) mass is 1290 g/mol. The topological polar surface area (TPSA) is 155 Å². The number of nitrogens with zero attached hydrogens (tertiary/aromatic N) is 12. The van der Waals surface area contributed by atoms with Crippen molar-refractivity contribution in [2.45, 2.75) is 80.1 Å². The molecule has 14 heteroatoms. The smallest absolute Gasteiger partial charge is 0.255 e. The summed E-state index contributed by atoms with van der Waals surface area (Å²) >= 11 is 0. The predicted octanol–water partition coefficient (Wildman–Crippen LogP) is 18.6. The molecule has 12 heterocycles. The summed E-state index contributed by atoms with van der Waals surface area (Å²) in [6.07, 6.45) is 21.8. The summed E-state index contributed by atoms with van der Waals surface area (Å²) in [5.41, 5.74) is 19.2. The van der Waals surface area contributed by atoms with Crippen molar-refractivity contribution < 1.29 is 33.6 Å². The third-order valence-electron chi connectivity index (χ3n) is 14.7. The van der Waals surface area contributed by atoms with Crippen LogP contribution in [-0.2, 0) is 44.4 Å². The van der Waals surface area contributed by atoms with Gasteiger partial charge in [0.15, 0.2) is 0 Å². The van der Waals surface area contributed by atoms with Gasteiger partial charge in [0.25, 0.3) is 0 Å². The van der Waals surface area contributed by atoms with Gasteiger partial charge in [0.05, 0.1) is 67.3 Å². The average molecular weight is 1300 g/mol. The average Bonchev–Trinajstić information content (AvgIpc) is 0.848. The van der Waals surface area contributed by atoms with Crippen molar-refractivity contribution in [1.82, 2.24) is 59.8 Å². The van der Waals surface area contributed by atoms with Crippen LogP contribution in [0.2, 0.25) is 0 Å². The third-order valence-corrected chi connectivity index (χ3v) is 14.7. The van der Waals surface area contributed by atoms with Crippen molar-refractivity contribution in [2.75, 3.05) is 0 Å². The molecule has 0 aliphatic heterocycles. The van der Waals surface area contributed by atoms with Crippen LogP contribution in [0.1, 0.15) is 74.9 Å². The van der Waals surface area contributed by atoms with Crippen LogP contribution < -0.4 is 0 Å². The van der Waals surface area contributed by atoms with E-state index in [0.29, 0.717) is 0 Å². The molecule has 0 aliphatic carbocycles. The first kappa shape index (κ1) is 68.0. The van der Waals surface area contributed by atoms with E-state index >= 15 is 0 Å². The normalized spacial score (nSPS) is 10.8. The first-order chi connectivity index (χ1) is 43.5. The van der Waals surface area contributed by atoms with Crippen LogP contribution in [0, 0.1) is 27.7 Å². The van der Waals surface area contributed by atoms with Gasteiger partial charge in [0, 0.05) is 123 Å². The van der Waals surface area contributed by atoms with Gasteiger partial charge in [-0.25, -0.2) is 0 Å². The fraction of sp³-hybridized carbons (Fsp3) is 0.154. The molecule has 15 aromatic rings. The van der Waals surface area contributed by atoms with E-state index in [4.69, 9.17) is 0 Å². The molecule has 0 aliphatic rings. The number of pyridine rings is 12. The minimum absolute atomic E-state index is 0. The van der Waals surface area contributed by atoms with Crippen LogP contribution in [0.4, 0.5) is 0 Å². The van der Waals surface area contributed by atoms with E-state index in [1.807, 2.05) is 110 Å². The molecule has 0 bridgehead atoms. The molecule has 460 valence electrons. The quantitative estimate of drug-likeness (QED) is 0.155. The van der Waals surface area contributed by atoms with E-state index < -0.39 is 0 Å². The fourth-order valence-electron chi connectivity index (χ4n) is 9.82. The molecule has 2 radical (unpaired) electrons. The summed E-state index contributed by atoms with van der Waals surface area (Å²) in [6.45, 7) is 21.5. The van der Waals surface area contributed by atoms with Crippen molar-refractivity contribution in [2.24, 2.45) is 0 Å². The summed E-state index contributed by atoms with van der Waals surface area (Å²) in [5.74, 6) is 0. The minimum Gasteiger partial charge on any atom is -0.255 e. The number of hydrogen-bond acceptors (Lipinski definition) is 12. The SMILES string of the molecule is Cc1ccnc(-c2cc(C(C)(C)C)ccn2)c1.Cc1ccnc(-c2cc(C(C)(C)C)ccn2)c1.Cc1ccnc(-c2cc(C)ccn2)c1.[Co+2].[Co].c1cnc2c(c1)ccc1cccnc12.c1cnc2c(c1)ccc1cccnc12.c1cnc2c(c1)ccc1cccnc12. The van der Waals surface area contributed by atoms with Gasteiger partial charge in [-0.15, -0.1) is 0 Å². The molecule has 0 spiro atoms. The van der Waals surface area contributed by atoms with E-state index in [0.717, 1.165) is 99.6 Å². The molecule has 0 N–H and O–H groups in total. The maximum atomic E-state index is 4.40. The van der Waals surface area contributed by atoms with Crippen LogP contribution in [0.3, 0.4) is 0 Å². The van der Waals surface area contributed by atoms with E-state index in [2.05, 4.69) is 238 Å². The van der Waals surface area contributed by atoms with Crippen molar-refractivity contribution in [1.29, 1.82) is 0 Å². The summed E-state index contributed by atoms with van der Waals surface area (Å²) in [6, 6.07) is 61.0. The third kappa shape index (κ3) is 17.9. The van der Waals surface area contributed by atoms with E-state index in [1.54, 1.807) is 37.2 Å². The Morgan fingerprint density at radius 1 is 0.217 bits per heavy atom. The van der Waals surface area contributed by atoms with Crippen LogP contribution in [0.25, 0.3) is 99.6 Å². The Labute approximate surface area is 559 Å². The largest absolute Gasteiger partial charge is 2.00 e. The molecule has 0 fully saturated rings. The molecule has 12 aromatic heterocycles. The van der Waals surface area contributed by atoms with Crippen molar-refractivity contribution in [3.05, 3.63) is 290 Å². The number of aryl methyl sites for hydroxylation is 4. The standard InChI is InChI=1S/2C15H18N2.3C12H8N2.C12H12N2.2Co/c2*1-11-5-7-16-13(9-11)14-10-12(6-8-17-14)15(2,3)4;3*1-3-9-5-6-10-4-2-8-14-12(10)11(9)13-7-1;1-9-3-5-13-11(7-9)12-8-10(2)4-6-14-12;;/h2*5-10H,1-4H3;3*1-8H;3-8H,1-2H3;;/q;;;;;;;+2. The Morgan fingerprint density at radius 3 is 0.587 bits per heavy atom. The molecule has 0 unspecified atom stereocenters. The first-order valence-electron chi connectivity index (χ1n) is 29.9. The molecular weight excluding hydrogens is 1220 g/mol. The molecular formula is C78H72Co2N12+2. The molecule has 12 nitrogen and oxygen atoms in total. The number of benzene rings is 3. The molecule has 0 atom stereocenters. The predicted molar refractivity (Wildman–Crippen MR) is 370 cm³/mol. The Balaban J connectivity index is 0.000000142. The Morgan fingerprint density at radius 2 is 0.402 bits per heavy atom. The second kappa shape index (κ2) is 31.7. The fourth-order valence-corrected chi connectivity index (χ4v) is 9.82. The van der Waals surface area contributed by atoms with Crippen LogP contribution in [0.15, 0.2) is 256 Å². The van der Waals surface area contributed by atoms with Gasteiger partial charge in [-0.2, -0.15) is 0 Å². The van der Waals surface area contributed by atoms with Gasteiger partial charge >= 0.3 is 16.8 Å². The molecule has 3 aromatic carbocycles. The van der Waals surface area contributed by atoms with Crippen LogP contribution in [0.5, 0.6) is 0 Å². The van der Waals surface area contributed by atoms with Crippen molar-refractivity contribution >= 4 is 65.4 Å². The van der Waals surface area contributed by atoms with Gasteiger partial charge in [0.2, 0.25) is 0 Å². The second-order valence-electron chi connectivity index (χ2n) is 23.9. The van der Waals surface area contributed by atoms with Gasteiger partial charge < -0.3 is 0 Å². The second-order valence-corrected chi connectivity index (χ2v) is 23.9. The van der Waals surface area contributed by atoms with Gasteiger partial charge in [-0.05, 0) is 181 Å². The summed E-state index contributed by atoms with van der Waals surface area (Å²) in [7, 11) is 0. The Bertz CT molecular complexity index is 4340.